The fourth-order valence-electron chi connectivity index (χ4n) is 4.05. The molecule has 0 N–H and O–H groups in total. The topological polar surface area (TPSA) is 34.1 Å². The van der Waals surface area contributed by atoms with Crippen LogP contribution in [0, 0.1) is 6.92 Å². The van der Waals surface area contributed by atoms with Gasteiger partial charge in [-0.15, -0.1) is 6.58 Å². The van der Waals surface area contributed by atoms with Crippen LogP contribution in [0.2, 0.25) is 0 Å². The maximum Gasteiger partial charge on any atom is 0.196 e. The van der Waals surface area contributed by atoms with Crippen molar-refractivity contribution in [3.05, 3.63) is 126 Å². The average Bonchev–Trinajstić information content (AvgIpc) is 2.82. The number of benzene rings is 3. The molecule has 164 valence electrons. The second-order valence-electron chi connectivity index (χ2n) is 7.85. The molecular weight excluding hydrogens is 404 g/mol. The summed E-state index contributed by atoms with van der Waals surface area (Å²) in [6.45, 7) is 14.8. The zero-order chi connectivity index (χ0) is 24.0. The third-order valence-corrected chi connectivity index (χ3v) is 5.70. The molecule has 0 aliphatic heterocycles. The van der Waals surface area contributed by atoms with Crippen molar-refractivity contribution in [3.8, 4) is 0 Å². The third-order valence-electron chi connectivity index (χ3n) is 5.70. The Morgan fingerprint density at radius 3 is 1.88 bits per heavy atom. The van der Waals surface area contributed by atoms with Crippen LogP contribution in [0.4, 0.5) is 0 Å². The molecule has 0 saturated carbocycles. The van der Waals surface area contributed by atoms with Crippen LogP contribution in [-0.2, 0) is 9.59 Å². The van der Waals surface area contributed by atoms with Gasteiger partial charge in [0.1, 0.15) is 0 Å². The fourth-order valence-corrected chi connectivity index (χ4v) is 4.05. The molecule has 0 aliphatic rings. The molecule has 0 saturated heterocycles. The Hall–Kier alpha value is -4.04. The second kappa shape index (κ2) is 10.5. The molecule has 33 heavy (non-hydrogen) atoms. The molecule has 0 fully saturated rings. The minimum Gasteiger partial charge on any atom is -0.294 e. The Balaban J connectivity index is 2.31. The summed E-state index contributed by atoms with van der Waals surface area (Å²) >= 11 is 0. The largest absolute Gasteiger partial charge is 0.294 e. The van der Waals surface area contributed by atoms with Crippen molar-refractivity contribution in [3.63, 3.8) is 0 Å². The smallest absolute Gasteiger partial charge is 0.196 e. The molecule has 0 amide bonds. The van der Waals surface area contributed by atoms with Gasteiger partial charge in [-0.2, -0.15) is 0 Å². The minimum atomic E-state index is -0.348. The van der Waals surface area contributed by atoms with E-state index in [0.29, 0.717) is 12.0 Å². The number of carbonyl (C=O) groups is 2. The van der Waals surface area contributed by atoms with Gasteiger partial charge in [0.15, 0.2) is 11.6 Å². The Morgan fingerprint density at radius 1 is 0.879 bits per heavy atom. The minimum absolute atomic E-state index is 0.125. The molecule has 0 aliphatic carbocycles. The van der Waals surface area contributed by atoms with E-state index >= 15 is 0 Å². The lowest BCUT2D eigenvalue weighted by Gasteiger charge is -2.14. The van der Waals surface area contributed by atoms with E-state index in [2.05, 4.69) is 38.8 Å². The predicted molar refractivity (Wildman–Crippen MR) is 141 cm³/mol. The number of hydrogen-bond donors (Lipinski definition) is 0. The summed E-state index contributed by atoms with van der Waals surface area (Å²) in [5, 5.41) is 4.20. The molecule has 0 heterocycles. The number of rotatable bonds is 9. The molecule has 3 aromatic carbocycles. The first-order chi connectivity index (χ1) is 15.9. The van der Waals surface area contributed by atoms with Crippen molar-refractivity contribution in [1.29, 1.82) is 0 Å². The number of allylic oxidation sites excluding steroid dienone is 8. The van der Waals surface area contributed by atoms with Crippen LogP contribution in [0.15, 0.2) is 115 Å². The molecule has 0 atom stereocenters. The van der Waals surface area contributed by atoms with E-state index in [9.17, 15) is 9.59 Å². The lowest BCUT2D eigenvalue weighted by atomic mass is 9.89. The summed E-state index contributed by atoms with van der Waals surface area (Å²) in [5.41, 5.74) is 3.37. The highest BCUT2D eigenvalue weighted by Crippen LogP contribution is 2.34. The first kappa shape index (κ1) is 23.6. The maximum absolute atomic E-state index is 13.6. The number of fused-ring (bicyclic) bond motifs is 2. The molecule has 0 aromatic heterocycles. The van der Waals surface area contributed by atoms with Gasteiger partial charge < -0.3 is 0 Å². The van der Waals surface area contributed by atoms with Crippen LogP contribution in [-0.4, -0.2) is 11.6 Å². The van der Waals surface area contributed by atoms with Gasteiger partial charge in [0.2, 0.25) is 0 Å². The van der Waals surface area contributed by atoms with Crippen molar-refractivity contribution in [1.82, 2.24) is 0 Å². The molecule has 0 unspecified atom stereocenters. The number of carbonyl (C=O) groups excluding carboxylic acids is 2. The first-order valence-corrected chi connectivity index (χ1v) is 10.9. The SMILES string of the molecule is C=C/C=C(\C=C(\C=C)CC=C)C(=O)/C(=C/c1c2ccccc2c(C)c2ccccc12)C(C)=O. The summed E-state index contributed by atoms with van der Waals surface area (Å²) in [6.07, 6.45) is 10.6. The first-order valence-electron chi connectivity index (χ1n) is 10.9. The normalized spacial score (nSPS) is 12.6. The van der Waals surface area contributed by atoms with E-state index in [1.807, 2.05) is 36.4 Å². The molecule has 0 radical (unpaired) electrons. The van der Waals surface area contributed by atoms with Crippen molar-refractivity contribution in [2.45, 2.75) is 20.3 Å². The molecule has 3 rings (SSSR count). The highest BCUT2D eigenvalue weighted by molar-refractivity contribution is 6.30. The number of ketones is 2. The van der Waals surface area contributed by atoms with Crippen molar-refractivity contribution in [2.75, 3.05) is 0 Å². The quantitative estimate of drug-likeness (QED) is 0.0869. The number of Topliss-reactive ketones (excluding diaryl/α,β-unsaturated/α-hetero) is 2. The number of hydrogen-bond acceptors (Lipinski definition) is 2. The van der Waals surface area contributed by atoms with Crippen LogP contribution in [0.1, 0.15) is 24.5 Å². The van der Waals surface area contributed by atoms with Gasteiger partial charge in [0.25, 0.3) is 0 Å². The molecule has 2 heteroatoms. The van der Waals surface area contributed by atoms with Crippen LogP contribution in [0.5, 0.6) is 0 Å². The lowest BCUT2D eigenvalue weighted by molar-refractivity contribution is -0.118. The van der Waals surface area contributed by atoms with E-state index in [4.69, 9.17) is 0 Å². The summed E-state index contributed by atoms with van der Waals surface area (Å²) in [7, 11) is 0. The zero-order valence-electron chi connectivity index (χ0n) is 19.2. The van der Waals surface area contributed by atoms with E-state index in [0.717, 1.165) is 32.7 Å². The molecule has 0 spiro atoms. The maximum atomic E-state index is 13.6. The van der Waals surface area contributed by atoms with Gasteiger partial charge >= 0.3 is 0 Å². The summed E-state index contributed by atoms with van der Waals surface area (Å²) < 4.78 is 0. The van der Waals surface area contributed by atoms with Crippen LogP contribution in [0.25, 0.3) is 27.6 Å². The Morgan fingerprint density at radius 2 is 1.42 bits per heavy atom. The molecular formula is C31H28O2. The van der Waals surface area contributed by atoms with Crippen LogP contribution < -0.4 is 0 Å². The van der Waals surface area contributed by atoms with Crippen molar-refractivity contribution in [2.24, 2.45) is 0 Å². The number of aryl methyl sites for hydroxylation is 1. The molecule has 3 aromatic rings. The van der Waals surface area contributed by atoms with E-state index in [-0.39, 0.29) is 17.1 Å². The lowest BCUT2D eigenvalue weighted by Crippen LogP contribution is -2.12. The summed E-state index contributed by atoms with van der Waals surface area (Å²) in [6, 6.07) is 16.2. The monoisotopic (exact) mass is 432 g/mol. The van der Waals surface area contributed by atoms with Gasteiger partial charge in [-0.25, -0.2) is 0 Å². The average molecular weight is 433 g/mol. The fraction of sp³-hybridized carbons (Fsp3) is 0.0968. The Bertz CT molecular complexity index is 1320. The van der Waals surface area contributed by atoms with E-state index < -0.39 is 0 Å². The third kappa shape index (κ3) is 4.91. The molecule has 0 bridgehead atoms. The Labute approximate surface area is 195 Å². The van der Waals surface area contributed by atoms with Gasteiger partial charge in [0, 0.05) is 5.57 Å². The van der Waals surface area contributed by atoms with Gasteiger partial charge in [-0.05, 0) is 70.7 Å². The van der Waals surface area contributed by atoms with Crippen LogP contribution >= 0.6 is 0 Å². The van der Waals surface area contributed by atoms with Gasteiger partial charge in [-0.3, -0.25) is 9.59 Å². The second-order valence-corrected chi connectivity index (χ2v) is 7.85. The van der Waals surface area contributed by atoms with E-state index in [1.165, 1.54) is 12.5 Å². The highest BCUT2D eigenvalue weighted by Gasteiger charge is 2.20. The van der Waals surface area contributed by atoms with Crippen molar-refractivity contribution < 1.29 is 9.59 Å². The predicted octanol–water partition coefficient (Wildman–Crippen LogP) is 7.64. The van der Waals surface area contributed by atoms with E-state index in [1.54, 1.807) is 36.5 Å². The molecule has 2 nitrogen and oxygen atoms in total. The summed E-state index contributed by atoms with van der Waals surface area (Å²) in [4.78, 5) is 26.3. The standard InChI is InChI=1S/C31H28O2/c1-6-13-23(8-3)19-24(14-7-2)31(33)29(22(5)32)20-30-27-17-11-9-15-25(27)21(4)26-16-10-12-18-28(26)30/h6-12,14-20H,1-3,13H2,4-5H3/b23-19-,24-14+,29-20+. The summed E-state index contributed by atoms with van der Waals surface area (Å²) in [5.74, 6) is -0.638. The highest BCUT2D eigenvalue weighted by atomic mass is 16.1. The van der Waals surface area contributed by atoms with Crippen molar-refractivity contribution >= 4 is 39.2 Å². The van der Waals surface area contributed by atoms with Gasteiger partial charge in [0.05, 0.1) is 5.57 Å². The Kier molecular flexibility index (Phi) is 7.53. The van der Waals surface area contributed by atoms with Crippen LogP contribution in [0.3, 0.4) is 0 Å². The zero-order valence-corrected chi connectivity index (χ0v) is 19.2. The van der Waals surface area contributed by atoms with Gasteiger partial charge in [-0.1, -0.05) is 86.0 Å².